The van der Waals surface area contributed by atoms with Gasteiger partial charge in [0.05, 0.1) is 58.2 Å². The van der Waals surface area contributed by atoms with E-state index in [9.17, 15) is 53.1 Å². The number of nitrogens with one attached hydrogen (secondary N) is 2. The number of hydrogen-bond acceptors (Lipinski definition) is 21. The normalized spacial score (nSPS) is 25.8. The number of oxime groups is 2. The fraction of sp³-hybridized carbons (Fsp3) is 0.803. The van der Waals surface area contributed by atoms with Gasteiger partial charge in [0.25, 0.3) is 0 Å². The van der Waals surface area contributed by atoms with Crippen molar-refractivity contribution in [1.82, 2.24) is 20.4 Å². The van der Waals surface area contributed by atoms with Crippen LogP contribution in [0.3, 0.4) is 0 Å². The third-order valence-electron chi connectivity index (χ3n) is 18.2. The van der Waals surface area contributed by atoms with Crippen molar-refractivity contribution < 1.29 is 128 Å². The van der Waals surface area contributed by atoms with E-state index in [2.05, 4.69) is 20.9 Å². The number of Topliss-reactive ketones (excluding diaryl/α,β-unsaturated/α-hetero) is 4. The van der Waals surface area contributed by atoms with Crippen LogP contribution < -0.4 is 10.6 Å². The maximum atomic E-state index is 14.4. The van der Waals surface area contributed by atoms with Gasteiger partial charge in [-0.3, -0.25) is 28.8 Å². The summed E-state index contributed by atoms with van der Waals surface area (Å²) in [5.74, 6) is -3.35. The van der Waals surface area contributed by atoms with E-state index >= 15 is 0 Å². The quantitative estimate of drug-likeness (QED) is 0.0375. The number of carbonyl (C=O) groups is 10. The molecule has 8 aliphatic rings. The zero-order valence-electron chi connectivity index (χ0n) is 58.1. The molecule has 0 aromatic heterocycles. The molecule has 2 saturated carbocycles. The largest absolute Gasteiger partial charge is 0.477 e. The van der Waals surface area contributed by atoms with Gasteiger partial charge in [0.2, 0.25) is 11.8 Å². The van der Waals surface area contributed by atoms with Crippen molar-refractivity contribution in [2.24, 2.45) is 44.8 Å². The fourth-order valence-electron chi connectivity index (χ4n) is 13.1. The molecule has 2 spiro atoms. The molecule has 27 heteroatoms. The van der Waals surface area contributed by atoms with Crippen molar-refractivity contribution in [2.75, 3.05) is 60.3 Å². The minimum atomic E-state index is -1.23. The molecule has 6 aliphatic heterocycles. The van der Waals surface area contributed by atoms with Gasteiger partial charge >= 0.3 is 24.1 Å². The number of carboxylic acids is 1. The van der Waals surface area contributed by atoms with Crippen molar-refractivity contribution in [3.63, 3.8) is 0 Å². The van der Waals surface area contributed by atoms with Gasteiger partial charge in [-0.15, -0.1) is 0 Å². The van der Waals surface area contributed by atoms with Crippen LogP contribution >= 0.6 is 0 Å². The SMILES string of the molecule is CCC[C@H](CC(=O)[C@@H]1C[C@]2(CC(C(=O)O)=NO2)CN1C(=O)[C@@H](NC(=O)O[C@H]1CCOC1)C(C)(C)C)C(OC)C(=O)CC1CC1.CCC[C@H](CC(=O)[C@@H]1C[C@]2(CC(C(=O)OCC)=NO2)CN1C(=O)[C@@H](NC(=O)O[C@H]1CCOC1)C(C)(C)C)C(OC)C(=O)CC1CC1.[3H]C.[CH3-].[U]. The van der Waals surface area contributed by atoms with Crippen molar-refractivity contribution in [2.45, 2.75) is 245 Å². The Labute approximate surface area is 573 Å². The van der Waals surface area contributed by atoms with Crippen LogP contribution in [0.15, 0.2) is 10.3 Å². The molecule has 6 heterocycles. The number of nitrogens with zero attached hydrogens (tertiary/aromatic N) is 4. The summed E-state index contributed by atoms with van der Waals surface area (Å²) in [6.07, 6.45) is 5.10. The molecule has 2 unspecified atom stereocenters. The van der Waals surface area contributed by atoms with Crippen LogP contribution in [0.5, 0.6) is 0 Å². The van der Waals surface area contributed by atoms with Crippen LogP contribution in [0.4, 0.5) is 9.59 Å². The number of ether oxygens (including phenoxy) is 7. The van der Waals surface area contributed by atoms with E-state index in [0.29, 0.717) is 63.6 Å². The molecule has 524 valence electrons. The van der Waals surface area contributed by atoms with Crippen molar-refractivity contribution >= 4 is 70.5 Å². The Morgan fingerprint density at radius 2 is 1.03 bits per heavy atom. The fourth-order valence-corrected chi connectivity index (χ4v) is 13.1. The van der Waals surface area contributed by atoms with Gasteiger partial charge in [0.1, 0.15) is 36.5 Å². The first-order valence-electron chi connectivity index (χ1n) is 33.3. The third kappa shape index (κ3) is 21.7. The molecule has 0 bridgehead atoms. The number of ketones is 4. The second kappa shape index (κ2) is 35.3. The number of amides is 4. The summed E-state index contributed by atoms with van der Waals surface area (Å²) in [6, 6.07) is -4.03. The minimum absolute atomic E-state index is 0. The van der Waals surface area contributed by atoms with E-state index in [-0.39, 0.29) is 156 Å². The van der Waals surface area contributed by atoms with E-state index in [1.165, 1.54) is 31.4 Å². The summed E-state index contributed by atoms with van der Waals surface area (Å²) in [6.45, 7) is 18.1. The number of esters is 1. The van der Waals surface area contributed by atoms with Crippen LogP contribution in [-0.2, 0) is 81.2 Å². The predicted octanol–water partition coefficient (Wildman–Crippen LogP) is 7.32. The van der Waals surface area contributed by atoms with Gasteiger partial charge in [0, 0.05) is 111 Å². The number of aliphatic carboxylic acids is 1. The molecule has 6 fully saturated rings. The van der Waals surface area contributed by atoms with Crippen molar-refractivity contribution in [1.29, 1.82) is 0 Å². The first-order valence-corrected chi connectivity index (χ1v) is 32.3. The van der Waals surface area contributed by atoms with Crippen molar-refractivity contribution in [3.05, 3.63) is 7.43 Å². The van der Waals surface area contributed by atoms with E-state index < -0.39 is 107 Å². The Kier molecular flexibility index (Phi) is 29.8. The Morgan fingerprint density at radius 3 is 1.34 bits per heavy atom. The summed E-state index contributed by atoms with van der Waals surface area (Å²) >= 11 is 0. The molecule has 0 radical (unpaired) electrons. The number of likely N-dealkylation sites (tertiary alicyclic amines) is 2. The molecule has 93 heavy (non-hydrogen) atoms. The summed E-state index contributed by atoms with van der Waals surface area (Å²) < 4.78 is 43.7. The third-order valence-corrected chi connectivity index (χ3v) is 18.2. The maximum absolute atomic E-state index is 14.4. The molecule has 4 amide bonds. The molecule has 26 nitrogen and oxygen atoms in total. The van der Waals surface area contributed by atoms with Gasteiger partial charge in [0.15, 0.2) is 45.8 Å². The van der Waals surface area contributed by atoms with E-state index in [1.54, 1.807) is 27.7 Å². The Hall–Kier alpha value is -5.07. The van der Waals surface area contributed by atoms with Gasteiger partial charge in [-0.05, 0) is 80.0 Å². The van der Waals surface area contributed by atoms with Crippen LogP contribution in [0.25, 0.3) is 0 Å². The number of carbonyl (C=O) groups excluding carboxylic acids is 9. The van der Waals surface area contributed by atoms with E-state index in [0.717, 1.165) is 38.5 Å². The van der Waals surface area contributed by atoms with Gasteiger partial charge in [-0.2, -0.15) is 0 Å². The van der Waals surface area contributed by atoms with Gasteiger partial charge < -0.3 is 75.8 Å². The zero-order chi connectivity index (χ0) is 67.9. The molecule has 8 rings (SSSR count). The predicted molar refractivity (Wildman–Crippen MR) is 336 cm³/mol. The second-order valence-electron chi connectivity index (χ2n) is 28.0. The first kappa shape index (κ1) is 78.6. The van der Waals surface area contributed by atoms with Crippen molar-refractivity contribution in [3.8, 4) is 0 Å². The van der Waals surface area contributed by atoms with E-state index in [1.807, 2.05) is 34.6 Å². The molecular weight excluding hydrogens is 1430 g/mol. The summed E-state index contributed by atoms with van der Waals surface area (Å²) in [7, 11) is 4.23. The van der Waals surface area contributed by atoms with Crippen LogP contribution in [-0.4, -0.2) is 206 Å². The van der Waals surface area contributed by atoms with Crippen LogP contribution in [0.1, 0.15) is 187 Å². The molecule has 0 aromatic carbocycles. The average Bonchev–Trinajstić information content (AvgIpc) is 1.60. The smallest absolute Gasteiger partial charge is 0.408 e. The van der Waals surface area contributed by atoms with E-state index in [4.69, 9.17) is 44.2 Å². The topological polar surface area (TPSA) is 329 Å². The molecular formula is C66H105N6O20U-. The standard InChI is InChI=1S/C33H51N3O10.C31H47N3O10.CH4.CH3.U/c1-7-9-21(27(42-6)26(38)14-20-10-11-20)15-25(37)24-17-33(16-23(35-46-33)30(40)44-8-2)19-36(24)29(39)28(32(3,4)5)34-31(41)45-22-12-13-43-18-22;1-6-7-19(25(41-5)24(36)12-18-8-9-18)13-23(35)22-15-31(14-21(28(38)39)33-44-31)17-34(22)27(37)26(30(2,3)4)32-29(40)43-20-10-11-42-16-20;;;/h20-22,24,27-28H,7-19H2,1-6H3,(H,34,41);18-20,22,25-26H,6-17H2,1-5H3,(H,32,40)(H,38,39);1H4;1H3;/q;;;-1;/t21-,22+,24+,27?,28-,33-;19-,20+,22+,25?,26-,31-;;;/m11.../s1/i;;1T;;. The van der Waals surface area contributed by atoms with Crippen LogP contribution in [0.2, 0.25) is 0 Å². The van der Waals surface area contributed by atoms with Crippen LogP contribution in [0, 0.1) is 73.0 Å². The monoisotopic (exact) mass is 1540 g/mol. The van der Waals surface area contributed by atoms with Gasteiger partial charge in [-0.1, -0.05) is 85.9 Å². The molecule has 2 aliphatic carbocycles. The zero-order valence-corrected chi connectivity index (χ0v) is 61.3. The number of rotatable bonds is 29. The molecule has 4 saturated heterocycles. The molecule has 3 N–H and O–H groups in total. The second-order valence-corrected chi connectivity index (χ2v) is 28.0. The minimum Gasteiger partial charge on any atom is -0.477 e. The maximum Gasteiger partial charge on any atom is 0.408 e. The summed E-state index contributed by atoms with van der Waals surface area (Å²) in [5.41, 5.74) is -3.94. The van der Waals surface area contributed by atoms with Gasteiger partial charge in [-0.25, -0.2) is 19.2 Å². The molecule has 0 aromatic rings. The Morgan fingerprint density at radius 1 is 0.645 bits per heavy atom. The average molecular weight is 1540 g/mol. The molecule has 12 atom stereocenters. The summed E-state index contributed by atoms with van der Waals surface area (Å²) in [4.78, 5) is 147. The summed E-state index contributed by atoms with van der Waals surface area (Å²) in [5, 5.41) is 22.7. The Balaban J connectivity index is 0.000000383. The number of alkyl carbamates (subject to hydrolysis) is 2. The number of methoxy groups -OCH3 is 2. The Bertz CT molecular complexity index is 2690. The first-order chi connectivity index (χ1) is 43.6. The number of carboxylic acid groups (broad SMARTS) is 1. The number of hydrogen-bond donors (Lipinski definition) is 3.